The zero-order valence-corrected chi connectivity index (χ0v) is 12.6. The molecule has 0 saturated heterocycles. The highest BCUT2D eigenvalue weighted by atomic mass is 32.2. The second-order valence-electron chi connectivity index (χ2n) is 4.69. The first kappa shape index (κ1) is 15.4. The molecule has 0 aliphatic heterocycles. The van der Waals surface area contributed by atoms with E-state index in [0.717, 1.165) is 0 Å². The van der Waals surface area contributed by atoms with Crippen molar-refractivity contribution in [3.8, 4) is 5.82 Å². The van der Waals surface area contributed by atoms with Gasteiger partial charge in [0.1, 0.15) is 0 Å². The number of nitrogens with zero attached hydrogens (tertiary/aromatic N) is 4. The minimum Gasteiger partial charge on any atom is -0.268 e. The molecule has 0 amide bonds. The maximum atomic E-state index is 11.7. The average molecular weight is 311 g/mol. The summed E-state index contributed by atoms with van der Waals surface area (Å²) in [6.07, 6.45) is 3.31. The third-order valence-electron chi connectivity index (χ3n) is 2.84. The van der Waals surface area contributed by atoms with E-state index < -0.39 is 15.3 Å². The molecule has 2 rings (SSSR count). The molecule has 0 saturated carbocycles. The van der Waals surface area contributed by atoms with Crippen LogP contribution in [-0.2, 0) is 16.6 Å². The van der Waals surface area contributed by atoms with Gasteiger partial charge in [0.25, 0.3) is 5.56 Å². The predicted octanol–water partition coefficient (Wildman–Crippen LogP) is -0.243. The van der Waals surface area contributed by atoms with Gasteiger partial charge in [-0.2, -0.15) is 5.10 Å². The van der Waals surface area contributed by atoms with Gasteiger partial charge in [-0.1, -0.05) is 0 Å². The van der Waals surface area contributed by atoms with Gasteiger partial charge in [-0.3, -0.25) is 4.79 Å². The molecule has 9 heteroatoms. The molecule has 0 aliphatic carbocycles. The Labute approximate surface area is 122 Å². The van der Waals surface area contributed by atoms with Crippen LogP contribution in [0.4, 0.5) is 0 Å². The van der Waals surface area contributed by atoms with Crippen molar-refractivity contribution < 1.29 is 8.42 Å². The maximum absolute atomic E-state index is 11.7. The molecule has 0 spiro atoms. The van der Waals surface area contributed by atoms with Gasteiger partial charge in [0.2, 0.25) is 10.0 Å². The third kappa shape index (κ3) is 3.76. The van der Waals surface area contributed by atoms with E-state index in [0.29, 0.717) is 5.82 Å². The lowest BCUT2D eigenvalue weighted by atomic mass is 10.5. The fourth-order valence-electron chi connectivity index (χ4n) is 1.59. The van der Waals surface area contributed by atoms with Crippen molar-refractivity contribution in [3.05, 3.63) is 40.9 Å². The van der Waals surface area contributed by atoms with Crippen LogP contribution in [0.15, 0.2) is 35.4 Å². The van der Waals surface area contributed by atoms with E-state index in [1.54, 1.807) is 38.4 Å². The van der Waals surface area contributed by atoms with Crippen molar-refractivity contribution in [2.24, 2.45) is 0 Å². The summed E-state index contributed by atoms with van der Waals surface area (Å²) in [5.74, 6) is 0.492. The van der Waals surface area contributed by atoms with E-state index in [2.05, 4.69) is 14.9 Å². The monoisotopic (exact) mass is 311 g/mol. The zero-order chi connectivity index (χ0) is 15.5. The normalized spacial score (nSPS) is 12.0. The van der Waals surface area contributed by atoms with Crippen LogP contribution in [0.1, 0.15) is 13.8 Å². The summed E-state index contributed by atoms with van der Waals surface area (Å²) in [5.41, 5.74) is -0.297. The number of hydrogen-bond acceptors (Lipinski definition) is 5. The molecule has 0 bridgehead atoms. The highest BCUT2D eigenvalue weighted by Gasteiger charge is 2.14. The molecule has 0 aliphatic rings. The lowest BCUT2D eigenvalue weighted by molar-refractivity contribution is 0.537. The van der Waals surface area contributed by atoms with Gasteiger partial charge < -0.3 is 0 Å². The van der Waals surface area contributed by atoms with Crippen LogP contribution in [0, 0.1) is 0 Å². The summed E-state index contributed by atoms with van der Waals surface area (Å²) in [4.78, 5) is 11.7. The first-order chi connectivity index (χ1) is 9.90. The molecule has 8 nitrogen and oxygen atoms in total. The Hall–Kier alpha value is -2.00. The summed E-state index contributed by atoms with van der Waals surface area (Å²) in [6.45, 7) is 3.44. The summed E-state index contributed by atoms with van der Waals surface area (Å²) in [5, 5.41) is 7.66. The molecule has 0 unspecified atom stereocenters. The Morgan fingerprint density at radius 1 is 1.33 bits per heavy atom. The standard InChI is InChI=1S/C12H17N5O3S/c1-10(2)21(19,20)14-7-9-17-12(18)5-4-11(15-17)16-8-3-6-13-16/h3-6,8,10,14H,7,9H2,1-2H3. The number of sulfonamides is 1. The van der Waals surface area contributed by atoms with E-state index in [9.17, 15) is 13.2 Å². The zero-order valence-electron chi connectivity index (χ0n) is 11.8. The third-order valence-corrected chi connectivity index (χ3v) is 4.69. The van der Waals surface area contributed by atoms with Crippen molar-refractivity contribution >= 4 is 10.0 Å². The minimum absolute atomic E-state index is 0.107. The van der Waals surface area contributed by atoms with Crippen LogP contribution in [0.2, 0.25) is 0 Å². The maximum Gasteiger partial charge on any atom is 0.266 e. The number of aromatic nitrogens is 4. The molecule has 21 heavy (non-hydrogen) atoms. The minimum atomic E-state index is -3.35. The SMILES string of the molecule is CC(C)S(=O)(=O)NCCn1nc(-n2cccn2)ccc1=O. The summed E-state index contributed by atoms with van der Waals surface area (Å²) < 4.78 is 28.4. The van der Waals surface area contributed by atoms with E-state index in [-0.39, 0.29) is 18.6 Å². The molecule has 1 N–H and O–H groups in total. The molecule has 0 fully saturated rings. The van der Waals surface area contributed by atoms with Gasteiger partial charge in [0.15, 0.2) is 5.82 Å². The van der Waals surface area contributed by atoms with Crippen LogP contribution in [0.25, 0.3) is 5.82 Å². The van der Waals surface area contributed by atoms with Gasteiger partial charge in [-0.05, 0) is 26.0 Å². The van der Waals surface area contributed by atoms with Gasteiger partial charge in [-0.25, -0.2) is 22.5 Å². The Kier molecular flexibility index (Phi) is 4.53. The van der Waals surface area contributed by atoms with Crippen LogP contribution < -0.4 is 10.3 Å². The summed E-state index contributed by atoms with van der Waals surface area (Å²) in [7, 11) is -3.35. The van der Waals surface area contributed by atoms with E-state index in [1.807, 2.05) is 0 Å². The van der Waals surface area contributed by atoms with Crippen LogP contribution in [-0.4, -0.2) is 39.8 Å². The molecule has 0 aromatic carbocycles. The molecule has 0 radical (unpaired) electrons. The first-order valence-electron chi connectivity index (χ1n) is 6.47. The quantitative estimate of drug-likeness (QED) is 0.793. The van der Waals surface area contributed by atoms with E-state index in [4.69, 9.17) is 0 Å². The molecule has 2 aromatic rings. The summed E-state index contributed by atoms with van der Waals surface area (Å²) >= 11 is 0. The van der Waals surface area contributed by atoms with Gasteiger partial charge in [-0.15, -0.1) is 5.10 Å². The second kappa shape index (κ2) is 6.19. The van der Waals surface area contributed by atoms with Crippen molar-refractivity contribution in [1.29, 1.82) is 0 Å². The van der Waals surface area contributed by atoms with E-state index in [1.165, 1.54) is 15.4 Å². The smallest absolute Gasteiger partial charge is 0.266 e. The predicted molar refractivity (Wildman–Crippen MR) is 77.7 cm³/mol. The Morgan fingerprint density at radius 3 is 2.71 bits per heavy atom. The molecule has 2 heterocycles. The van der Waals surface area contributed by atoms with Gasteiger partial charge in [0.05, 0.1) is 11.8 Å². The second-order valence-corrected chi connectivity index (χ2v) is 7.01. The number of nitrogens with one attached hydrogen (secondary N) is 1. The lowest BCUT2D eigenvalue weighted by Gasteiger charge is -2.10. The van der Waals surface area contributed by atoms with Gasteiger partial charge >= 0.3 is 0 Å². The van der Waals surface area contributed by atoms with Crippen molar-refractivity contribution in [3.63, 3.8) is 0 Å². The van der Waals surface area contributed by atoms with E-state index >= 15 is 0 Å². The topological polar surface area (TPSA) is 98.9 Å². The molecule has 2 aromatic heterocycles. The molecular weight excluding hydrogens is 294 g/mol. The Bertz CT molecular complexity index is 749. The molecule has 114 valence electrons. The number of hydrogen-bond donors (Lipinski definition) is 1. The highest BCUT2D eigenvalue weighted by Crippen LogP contribution is 1.98. The van der Waals surface area contributed by atoms with Crippen molar-refractivity contribution in [2.75, 3.05) is 6.54 Å². The van der Waals surface area contributed by atoms with Crippen molar-refractivity contribution in [2.45, 2.75) is 25.6 Å². The highest BCUT2D eigenvalue weighted by molar-refractivity contribution is 7.90. The lowest BCUT2D eigenvalue weighted by Crippen LogP contribution is -2.35. The fraction of sp³-hybridized carbons (Fsp3) is 0.417. The number of rotatable bonds is 6. The molecular formula is C12H17N5O3S. The fourth-order valence-corrected chi connectivity index (χ4v) is 2.29. The first-order valence-corrected chi connectivity index (χ1v) is 8.01. The summed E-state index contributed by atoms with van der Waals surface area (Å²) in [6, 6.07) is 4.68. The van der Waals surface area contributed by atoms with Crippen LogP contribution in [0.5, 0.6) is 0 Å². The van der Waals surface area contributed by atoms with Crippen LogP contribution >= 0.6 is 0 Å². The molecule has 0 atom stereocenters. The Morgan fingerprint density at radius 2 is 2.10 bits per heavy atom. The van der Waals surface area contributed by atoms with Crippen LogP contribution in [0.3, 0.4) is 0 Å². The van der Waals surface area contributed by atoms with Gasteiger partial charge in [0, 0.05) is 25.0 Å². The largest absolute Gasteiger partial charge is 0.268 e. The average Bonchev–Trinajstić information content (AvgIpc) is 2.94. The Balaban J connectivity index is 2.10. The van der Waals surface area contributed by atoms with Crippen molar-refractivity contribution in [1.82, 2.24) is 24.3 Å².